The van der Waals surface area contributed by atoms with E-state index < -0.39 is 0 Å². The molecule has 2 rings (SSSR count). The van der Waals surface area contributed by atoms with Crippen molar-refractivity contribution in [2.75, 3.05) is 12.3 Å². The van der Waals surface area contributed by atoms with E-state index in [1.54, 1.807) is 0 Å². The van der Waals surface area contributed by atoms with Crippen LogP contribution in [0.5, 0.6) is 0 Å². The van der Waals surface area contributed by atoms with E-state index in [-0.39, 0.29) is 0 Å². The highest BCUT2D eigenvalue weighted by Crippen LogP contribution is 2.28. The minimum atomic E-state index is 0.593. The molecule has 2 N–H and O–H groups in total. The summed E-state index contributed by atoms with van der Waals surface area (Å²) in [5.41, 5.74) is 9.19. The Kier molecular flexibility index (Phi) is 2.89. The predicted molar refractivity (Wildman–Crippen MR) is 65.1 cm³/mol. The maximum absolute atomic E-state index is 6.01. The van der Waals surface area contributed by atoms with Crippen LogP contribution in [0.2, 0.25) is 5.02 Å². The van der Waals surface area contributed by atoms with Crippen molar-refractivity contribution in [3.05, 3.63) is 28.3 Å². The lowest BCUT2D eigenvalue weighted by molar-refractivity contribution is 0.203. The standard InChI is InChI=1S/C12H17ClN2/c1-8(2)15-4-3-9-5-11(13)12(14)6-10(9)7-15/h5-6,8H,3-4,7,14H2,1-2H3. The van der Waals surface area contributed by atoms with Gasteiger partial charge in [-0.05, 0) is 43.5 Å². The van der Waals surface area contributed by atoms with Gasteiger partial charge in [0.1, 0.15) is 0 Å². The average molecular weight is 225 g/mol. The fraction of sp³-hybridized carbons (Fsp3) is 0.500. The summed E-state index contributed by atoms with van der Waals surface area (Å²) in [6.45, 7) is 6.56. The lowest BCUT2D eigenvalue weighted by atomic mass is 9.98. The molecule has 82 valence electrons. The van der Waals surface area contributed by atoms with Crippen LogP contribution in [0.15, 0.2) is 12.1 Å². The summed E-state index contributed by atoms with van der Waals surface area (Å²) in [6, 6.07) is 4.63. The number of nitrogens with zero attached hydrogens (tertiary/aromatic N) is 1. The van der Waals surface area contributed by atoms with Crippen molar-refractivity contribution in [3.8, 4) is 0 Å². The van der Waals surface area contributed by atoms with Crippen LogP contribution in [0.4, 0.5) is 5.69 Å². The molecule has 0 unspecified atom stereocenters. The summed E-state index contributed by atoms with van der Waals surface area (Å²) in [7, 11) is 0. The van der Waals surface area contributed by atoms with Crippen LogP contribution >= 0.6 is 11.6 Å². The number of hydrogen-bond donors (Lipinski definition) is 1. The molecule has 0 fully saturated rings. The van der Waals surface area contributed by atoms with E-state index >= 15 is 0 Å². The van der Waals surface area contributed by atoms with Gasteiger partial charge in [-0.1, -0.05) is 11.6 Å². The van der Waals surface area contributed by atoms with Crippen LogP contribution in [0.3, 0.4) is 0 Å². The van der Waals surface area contributed by atoms with Gasteiger partial charge >= 0.3 is 0 Å². The van der Waals surface area contributed by atoms with Gasteiger partial charge < -0.3 is 5.73 Å². The highest BCUT2D eigenvalue weighted by Gasteiger charge is 2.19. The van der Waals surface area contributed by atoms with Gasteiger partial charge in [-0.2, -0.15) is 0 Å². The third kappa shape index (κ3) is 2.11. The zero-order valence-electron chi connectivity index (χ0n) is 9.26. The van der Waals surface area contributed by atoms with E-state index in [0.717, 1.165) is 19.5 Å². The Labute approximate surface area is 96.0 Å². The second-order valence-corrected chi connectivity index (χ2v) is 4.86. The van der Waals surface area contributed by atoms with Gasteiger partial charge in [0.05, 0.1) is 10.7 Å². The first kappa shape index (κ1) is 10.8. The number of rotatable bonds is 1. The Hall–Kier alpha value is -0.730. The second-order valence-electron chi connectivity index (χ2n) is 4.46. The number of anilines is 1. The number of halogens is 1. The highest BCUT2D eigenvalue weighted by atomic mass is 35.5. The Balaban J connectivity index is 2.30. The van der Waals surface area contributed by atoms with Crippen molar-refractivity contribution in [1.82, 2.24) is 4.90 Å². The molecule has 0 aliphatic carbocycles. The SMILES string of the molecule is CC(C)N1CCc2cc(Cl)c(N)cc2C1. The first-order valence-electron chi connectivity index (χ1n) is 5.38. The van der Waals surface area contributed by atoms with E-state index in [0.29, 0.717) is 16.8 Å². The molecular weight excluding hydrogens is 208 g/mol. The molecule has 1 heterocycles. The number of nitrogen functional groups attached to an aromatic ring is 1. The lowest BCUT2D eigenvalue weighted by Crippen LogP contribution is -2.35. The molecule has 1 aromatic rings. The van der Waals surface area contributed by atoms with Gasteiger partial charge in [0, 0.05) is 19.1 Å². The van der Waals surface area contributed by atoms with E-state index in [9.17, 15) is 0 Å². The number of fused-ring (bicyclic) bond motifs is 1. The molecule has 1 aromatic carbocycles. The first-order valence-corrected chi connectivity index (χ1v) is 5.76. The predicted octanol–water partition coefficient (Wildman–Crippen LogP) is 2.69. The number of benzene rings is 1. The lowest BCUT2D eigenvalue weighted by Gasteiger charge is -2.32. The highest BCUT2D eigenvalue weighted by molar-refractivity contribution is 6.33. The molecule has 0 atom stereocenters. The zero-order chi connectivity index (χ0) is 11.0. The van der Waals surface area contributed by atoms with Crippen LogP contribution in [0.1, 0.15) is 25.0 Å². The van der Waals surface area contributed by atoms with Gasteiger partial charge in [-0.3, -0.25) is 4.90 Å². The Bertz CT molecular complexity index is 374. The Morgan fingerprint density at radius 3 is 2.73 bits per heavy atom. The molecule has 0 radical (unpaired) electrons. The van der Waals surface area contributed by atoms with E-state index in [1.165, 1.54) is 11.1 Å². The van der Waals surface area contributed by atoms with Gasteiger partial charge in [0.25, 0.3) is 0 Å². The van der Waals surface area contributed by atoms with Gasteiger partial charge in [0.2, 0.25) is 0 Å². The molecule has 0 saturated carbocycles. The molecule has 0 amide bonds. The molecule has 15 heavy (non-hydrogen) atoms. The van der Waals surface area contributed by atoms with Crippen LogP contribution in [0, 0.1) is 0 Å². The molecule has 3 heteroatoms. The number of nitrogens with two attached hydrogens (primary N) is 1. The number of hydrogen-bond acceptors (Lipinski definition) is 2. The Morgan fingerprint density at radius 2 is 2.07 bits per heavy atom. The molecule has 0 bridgehead atoms. The third-order valence-corrected chi connectivity index (χ3v) is 3.42. The third-order valence-electron chi connectivity index (χ3n) is 3.09. The smallest absolute Gasteiger partial charge is 0.0638 e. The molecule has 0 aromatic heterocycles. The van der Waals surface area contributed by atoms with Gasteiger partial charge in [0.15, 0.2) is 0 Å². The largest absolute Gasteiger partial charge is 0.398 e. The zero-order valence-corrected chi connectivity index (χ0v) is 10.0. The molecule has 1 aliphatic heterocycles. The maximum atomic E-state index is 6.01. The van der Waals surface area contributed by atoms with E-state index in [4.69, 9.17) is 17.3 Å². The summed E-state index contributed by atoms with van der Waals surface area (Å²) >= 11 is 6.01. The summed E-state index contributed by atoms with van der Waals surface area (Å²) in [4.78, 5) is 2.45. The fourth-order valence-corrected chi connectivity index (χ4v) is 2.25. The van der Waals surface area contributed by atoms with Crippen LogP contribution in [-0.2, 0) is 13.0 Å². The molecule has 1 aliphatic rings. The topological polar surface area (TPSA) is 29.3 Å². The van der Waals surface area contributed by atoms with Crippen molar-refractivity contribution in [1.29, 1.82) is 0 Å². The van der Waals surface area contributed by atoms with E-state index in [2.05, 4.69) is 18.7 Å². The normalized spacial score (nSPS) is 16.8. The first-order chi connectivity index (χ1) is 7.08. The molecule has 0 spiro atoms. The van der Waals surface area contributed by atoms with Crippen molar-refractivity contribution >= 4 is 17.3 Å². The van der Waals surface area contributed by atoms with Crippen LogP contribution < -0.4 is 5.73 Å². The van der Waals surface area contributed by atoms with Crippen LogP contribution in [-0.4, -0.2) is 17.5 Å². The van der Waals surface area contributed by atoms with Crippen molar-refractivity contribution in [2.45, 2.75) is 32.9 Å². The molecule has 0 saturated heterocycles. The fourth-order valence-electron chi connectivity index (χ4n) is 2.06. The van der Waals surface area contributed by atoms with Crippen molar-refractivity contribution in [3.63, 3.8) is 0 Å². The van der Waals surface area contributed by atoms with Crippen molar-refractivity contribution < 1.29 is 0 Å². The average Bonchev–Trinajstić information content (AvgIpc) is 2.19. The van der Waals surface area contributed by atoms with Crippen LogP contribution in [0.25, 0.3) is 0 Å². The molecule has 2 nitrogen and oxygen atoms in total. The quantitative estimate of drug-likeness (QED) is 0.744. The minimum Gasteiger partial charge on any atom is -0.398 e. The summed E-state index contributed by atoms with van der Waals surface area (Å²) < 4.78 is 0. The van der Waals surface area contributed by atoms with E-state index in [1.807, 2.05) is 12.1 Å². The van der Waals surface area contributed by atoms with Gasteiger partial charge in [-0.15, -0.1) is 0 Å². The minimum absolute atomic E-state index is 0.593. The van der Waals surface area contributed by atoms with Gasteiger partial charge in [-0.25, -0.2) is 0 Å². The Morgan fingerprint density at radius 1 is 1.33 bits per heavy atom. The van der Waals surface area contributed by atoms with Crippen molar-refractivity contribution in [2.24, 2.45) is 0 Å². The maximum Gasteiger partial charge on any atom is 0.0638 e. The molecular formula is C12H17ClN2. The monoisotopic (exact) mass is 224 g/mol. The second kappa shape index (κ2) is 4.03. The summed E-state index contributed by atoms with van der Waals surface area (Å²) in [6.07, 6.45) is 1.08. The summed E-state index contributed by atoms with van der Waals surface area (Å²) in [5, 5.41) is 0.687. The summed E-state index contributed by atoms with van der Waals surface area (Å²) in [5.74, 6) is 0.